The number of likely N-dealkylation sites (N-methyl/N-ethyl adjacent to an activating group) is 1. The summed E-state index contributed by atoms with van der Waals surface area (Å²) in [6, 6.07) is 8.50. The number of para-hydroxylation sites is 1. The summed E-state index contributed by atoms with van der Waals surface area (Å²) in [5, 5.41) is 6.04. The average molecular weight is 215 g/mol. The molecule has 16 heavy (non-hydrogen) atoms. The van der Waals surface area contributed by atoms with E-state index in [1.54, 1.807) is 0 Å². The van der Waals surface area contributed by atoms with Gasteiger partial charge in [0.15, 0.2) is 0 Å². The molecule has 1 aliphatic heterocycles. The zero-order valence-electron chi connectivity index (χ0n) is 9.61. The quantitative estimate of drug-likeness (QED) is 0.786. The van der Waals surface area contributed by atoms with Crippen LogP contribution in [0.15, 0.2) is 30.5 Å². The molecule has 0 aliphatic carbocycles. The molecular formula is C13H17N3. The Labute approximate surface area is 95.6 Å². The molecule has 1 saturated heterocycles. The van der Waals surface area contributed by atoms with Crippen LogP contribution in [0.1, 0.15) is 5.56 Å². The van der Waals surface area contributed by atoms with Crippen molar-refractivity contribution in [3.63, 3.8) is 0 Å². The van der Waals surface area contributed by atoms with Crippen molar-refractivity contribution in [3.05, 3.63) is 36.0 Å². The molecule has 0 atom stereocenters. The molecule has 1 N–H and O–H groups in total. The second-order valence-electron chi connectivity index (χ2n) is 4.44. The fraction of sp³-hybridized carbons (Fsp3) is 0.385. The van der Waals surface area contributed by atoms with E-state index in [2.05, 4.69) is 52.5 Å². The van der Waals surface area contributed by atoms with E-state index in [9.17, 15) is 0 Å². The van der Waals surface area contributed by atoms with E-state index in [0.717, 1.165) is 13.0 Å². The average Bonchev–Trinajstić information content (AvgIpc) is 3.08. The first-order valence-electron chi connectivity index (χ1n) is 5.85. The lowest BCUT2D eigenvalue weighted by Gasteiger charge is -2.16. The molecule has 3 nitrogen and oxygen atoms in total. The predicted octanol–water partition coefficient (Wildman–Crippen LogP) is 1.87. The molecule has 1 aromatic carbocycles. The molecule has 0 amide bonds. The number of aromatic amines is 1. The summed E-state index contributed by atoms with van der Waals surface area (Å²) in [5.74, 6) is 0. The van der Waals surface area contributed by atoms with Gasteiger partial charge in [0.2, 0.25) is 0 Å². The maximum absolute atomic E-state index is 3.32. The van der Waals surface area contributed by atoms with Crippen molar-refractivity contribution in [2.45, 2.75) is 6.42 Å². The van der Waals surface area contributed by atoms with Crippen LogP contribution >= 0.6 is 0 Å². The van der Waals surface area contributed by atoms with Crippen LogP contribution in [0.25, 0.3) is 10.9 Å². The highest BCUT2D eigenvalue weighted by atomic mass is 15.7. The third-order valence-electron chi connectivity index (χ3n) is 3.29. The Bertz CT molecular complexity index is 485. The molecule has 1 fully saturated rings. The first-order chi connectivity index (χ1) is 7.84. The zero-order chi connectivity index (χ0) is 11.0. The minimum Gasteiger partial charge on any atom is -0.361 e. The van der Waals surface area contributed by atoms with E-state index in [-0.39, 0.29) is 0 Å². The summed E-state index contributed by atoms with van der Waals surface area (Å²) < 4.78 is 0. The molecule has 2 aromatic rings. The number of fused-ring (bicyclic) bond motifs is 1. The predicted molar refractivity (Wildman–Crippen MR) is 66.2 cm³/mol. The Hall–Kier alpha value is -1.32. The van der Waals surface area contributed by atoms with E-state index >= 15 is 0 Å². The highest BCUT2D eigenvalue weighted by molar-refractivity contribution is 5.83. The van der Waals surface area contributed by atoms with E-state index in [1.165, 1.54) is 29.6 Å². The molecule has 0 radical (unpaired) electrons. The van der Waals surface area contributed by atoms with Crippen molar-refractivity contribution in [2.24, 2.45) is 0 Å². The first kappa shape index (κ1) is 9.87. The molecule has 0 spiro atoms. The lowest BCUT2D eigenvalue weighted by molar-refractivity contribution is 0.128. The molecule has 2 heterocycles. The Morgan fingerprint density at radius 2 is 2.12 bits per heavy atom. The van der Waals surface area contributed by atoms with Gasteiger partial charge in [0.1, 0.15) is 0 Å². The summed E-state index contributed by atoms with van der Waals surface area (Å²) in [6.45, 7) is 3.55. The van der Waals surface area contributed by atoms with Crippen LogP contribution in [-0.4, -0.2) is 41.7 Å². The van der Waals surface area contributed by atoms with Crippen molar-refractivity contribution >= 4 is 10.9 Å². The van der Waals surface area contributed by atoms with Crippen molar-refractivity contribution in [3.8, 4) is 0 Å². The van der Waals surface area contributed by atoms with Gasteiger partial charge in [-0.2, -0.15) is 0 Å². The number of nitrogens with one attached hydrogen (secondary N) is 1. The molecule has 0 bridgehead atoms. The van der Waals surface area contributed by atoms with Crippen molar-refractivity contribution in [1.82, 2.24) is 15.0 Å². The monoisotopic (exact) mass is 215 g/mol. The highest BCUT2D eigenvalue weighted by Gasteiger charge is 2.21. The van der Waals surface area contributed by atoms with Gasteiger partial charge in [-0.05, 0) is 18.1 Å². The van der Waals surface area contributed by atoms with E-state index in [1.807, 2.05) is 0 Å². The summed E-state index contributed by atoms with van der Waals surface area (Å²) in [5.41, 5.74) is 2.66. The third kappa shape index (κ3) is 1.84. The van der Waals surface area contributed by atoms with Crippen LogP contribution in [0.4, 0.5) is 0 Å². The number of aromatic nitrogens is 1. The van der Waals surface area contributed by atoms with Crippen LogP contribution in [-0.2, 0) is 6.42 Å². The second kappa shape index (κ2) is 3.92. The fourth-order valence-electron chi connectivity index (χ4n) is 2.15. The lowest BCUT2D eigenvalue weighted by Crippen LogP contribution is -2.26. The van der Waals surface area contributed by atoms with Crippen LogP contribution in [0.2, 0.25) is 0 Å². The second-order valence-corrected chi connectivity index (χ2v) is 4.44. The molecule has 3 heteroatoms. The number of hydrazine groups is 1. The summed E-state index contributed by atoms with van der Waals surface area (Å²) in [7, 11) is 2.17. The van der Waals surface area contributed by atoms with Gasteiger partial charge in [-0.25, -0.2) is 10.0 Å². The lowest BCUT2D eigenvalue weighted by atomic mass is 10.1. The molecule has 1 aromatic heterocycles. The number of nitrogens with zero attached hydrogens (tertiary/aromatic N) is 2. The molecule has 1 aliphatic rings. The normalized spacial score (nSPS) is 16.1. The SMILES string of the molecule is CN(CCc1c[nH]c2ccccc12)N1CC1. The number of hydrogen-bond acceptors (Lipinski definition) is 2. The molecule has 0 unspecified atom stereocenters. The number of benzene rings is 1. The molecule has 84 valence electrons. The number of rotatable bonds is 4. The topological polar surface area (TPSA) is 22.0 Å². The number of hydrogen-bond donors (Lipinski definition) is 1. The van der Waals surface area contributed by atoms with Crippen molar-refractivity contribution in [2.75, 3.05) is 26.7 Å². The number of H-pyrrole nitrogens is 1. The third-order valence-corrected chi connectivity index (χ3v) is 3.29. The van der Waals surface area contributed by atoms with Crippen LogP contribution in [0, 0.1) is 0 Å². The van der Waals surface area contributed by atoms with Gasteiger partial charge in [-0.15, -0.1) is 0 Å². The highest BCUT2D eigenvalue weighted by Crippen LogP contribution is 2.18. The largest absolute Gasteiger partial charge is 0.361 e. The fourth-order valence-corrected chi connectivity index (χ4v) is 2.15. The van der Waals surface area contributed by atoms with Crippen molar-refractivity contribution in [1.29, 1.82) is 0 Å². The van der Waals surface area contributed by atoms with Gasteiger partial charge in [-0.3, -0.25) is 0 Å². The maximum Gasteiger partial charge on any atom is 0.0456 e. The van der Waals surface area contributed by atoms with E-state index in [0.29, 0.717) is 0 Å². The molecule has 3 rings (SSSR count). The summed E-state index contributed by atoms with van der Waals surface area (Å²) >= 11 is 0. The van der Waals surface area contributed by atoms with Crippen LogP contribution in [0.5, 0.6) is 0 Å². The van der Waals surface area contributed by atoms with Gasteiger partial charge >= 0.3 is 0 Å². The zero-order valence-corrected chi connectivity index (χ0v) is 9.61. The molecule has 0 saturated carbocycles. The van der Waals surface area contributed by atoms with Gasteiger partial charge in [0.25, 0.3) is 0 Å². The van der Waals surface area contributed by atoms with Gasteiger partial charge in [0.05, 0.1) is 0 Å². The van der Waals surface area contributed by atoms with Crippen molar-refractivity contribution < 1.29 is 0 Å². The van der Waals surface area contributed by atoms with Crippen LogP contribution < -0.4 is 0 Å². The van der Waals surface area contributed by atoms with Gasteiger partial charge < -0.3 is 4.98 Å². The van der Waals surface area contributed by atoms with Gasteiger partial charge in [-0.1, -0.05) is 18.2 Å². The smallest absolute Gasteiger partial charge is 0.0456 e. The Morgan fingerprint density at radius 1 is 1.31 bits per heavy atom. The minimum atomic E-state index is 1.10. The Morgan fingerprint density at radius 3 is 2.94 bits per heavy atom. The van der Waals surface area contributed by atoms with Crippen LogP contribution in [0.3, 0.4) is 0 Å². The summed E-state index contributed by atoms with van der Waals surface area (Å²) in [4.78, 5) is 3.32. The van der Waals surface area contributed by atoms with Gasteiger partial charge in [0, 0.05) is 43.8 Å². The first-order valence-corrected chi connectivity index (χ1v) is 5.85. The minimum absolute atomic E-state index is 1.10. The van der Waals surface area contributed by atoms with E-state index in [4.69, 9.17) is 0 Å². The maximum atomic E-state index is 3.32. The summed E-state index contributed by atoms with van der Waals surface area (Å²) in [6.07, 6.45) is 3.25. The van der Waals surface area contributed by atoms with E-state index < -0.39 is 0 Å². The molecular weight excluding hydrogens is 198 g/mol. The standard InChI is InChI=1S/C13H17N3/c1-15(16-8-9-16)7-6-11-10-14-13-5-3-2-4-12(11)13/h2-5,10,14H,6-9H2,1H3. The Kier molecular flexibility index (Phi) is 2.42. The Balaban J connectivity index is 1.73.